The molecule has 664 valence electrons. The van der Waals surface area contributed by atoms with Crippen LogP contribution in [0.25, 0.3) is 201 Å². The molecule has 0 aliphatic carbocycles. The molecule has 7 heterocycles. The van der Waals surface area contributed by atoms with Crippen molar-refractivity contribution in [1.29, 1.82) is 0 Å². The zero-order valence-corrected chi connectivity index (χ0v) is 77.5. The van der Waals surface area contributed by atoms with E-state index >= 15 is 0 Å². The Morgan fingerprint density at radius 3 is 0.679 bits per heavy atom. The molecule has 10 nitrogen and oxygen atoms in total. The molecule has 21 rings (SSSR count). The Bertz CT molecular complexity index is 8070. The highest BCUT2D eigenvalue weighted by atomic mass is 16.7. The van der Waals surface area contributed by atoms with Gasteiger partial charge in [0.1, 0.15) is 6.33 Å². The average molecular weight is 1790 g/mol. The lowest BCUT2D eigenvalue weighted by Gasteiger charge is -2.32. The van der Waals surface area contributed by atoms with E-state index in [0.29, 0.717) is 28.3 Å². The fourth-order valence-electron chi connectivity index (χ4n) is 18.5. The number of rotatable bonds is 20. The molecule has 0 radical (unpaired) electrons. The second kappa shape index (κ2) is 36.2. The largest absolute Gasteiger partial charge is 0.494 e. The first-order chi connectivity index (χ1) is 71.2. The van der Waals surface area contributed by atoms with Crippen molar-refractivity contribution in [1.82, 2.24) is 29.9 Å². The lowest BCUT2D eigenvalue weighted by molar-refractivity contribution is 0.00578. The minimum absolute atomic E-state index is 0.176. The first-order valence-electron chi connectivity index (χ1n) is 52.2. The van der Waals surface area contributed by atoms with Gasteiger partial charge < -0.3 is 18.6 Å². The van der Waals surface area contributed by atoms with E-state index < -0.39 is 64.0 Å². The summed E-state index contributed by atoms with van der Waals surface area (Å²) in [7, 11) is -1.40. The Kier molecular flexibility index (Phi) is 19.8. The van der Waals surface area contributed by atoms with Crippen LogP contribution in [0.15, 0.2) is 395 Å². The molecule has 0 spiro atoms. The van der Waals surface area contributed by atoms with Gasteiger partial charge in [0, 0.05) is 74.6 Å². The summed E-state index contributed by atoms with van der Waals surface area (Å²) >= 11 is 0. The fourth-order valence-corrected chi connectivity index (χ4v) is 18.5. The lowest BCUT2D eigenvalue weighted by Crippen LogP contribution is -2.41. The van der Waals surface area contributed by atoms with Gasteiger partial charge in [0.05, 0.1) is 56.6 Å². The second-order valence-corrected chi connectivity index (χ2v) is 37.5. The fraction of sp³-hybridized carbons (Fsp3) is 0.136. The summed E-state index contributed by atoms with van der Waals surface area (Å²) in [6.07, 6.45) is 7.36. The van der Waals surface area contributed by atoms with Gasteiger partial charge in [0.15, 0.2) is 0 Å². The van der Waals surface area contributed by atoms with E-state index in [0.717, 1.165) is 189 Å². The van der Waals surface area contributed by atoms with Crippen molar-refractivity contribution < 1.29 is 35.1 Å². The summed E-state index contributed by atoms with van der Waals surface area (Å²) < 4.78 is 124. The summed E-state index contributed by atoms with van der Waals surface area (Å²) in [5, 5.41) is 0. The molecule has 0 saturated carbocycles. The Morgan fingerprint density at radius 1 is 0.197 bits per heavy atom. The number of aryl methyl sites for hydroxylation is 5. The Hall–Kier alpha value is -15.3. The Labute approximate surface area is 821 Å². The normalized spacial score (nSPS) is 15.8. The smallest absolute Gasteiger partial charge is 0.399 e. The third-order valence-electron chi connectivity index (χ3n) is 27.6. The van der Waals surface area contributed by atoms with E-state index in [-0.39, 0.29) is 22.3 Å². The SMILES string of the molecule is [2H]C([2H])([2H])c1ccc(-c2ccc(-c3ccccc3-c3cc(-c4ccccc4-c4ccc(-c5ccc(C([2H])([2H])[2H])cn5)cc4)cc(-c4cc(B5OC(C)(C)C(C)(C)O5)ccc4-c4ccc(-c5cc(-c6ccc(-c7ccc(B8OC(C)(C)C(C)(C)O8)cc7-c7cc(-c8ccccc8-c8ccc(-c9ccc(C([2H])([2H])[2H])cn9)cc8)cc(-c8ccccc8-c8ccc(-c9cc(C)c(C([2H])([2H])[2H])cn9)cc8)c7)cc6)ncn5)cc4)c3)cc2)nc1. The third-order valence-corrected chi connectivity index (χ3v) is 27.6. The highest BCUT2D eigenvalue weighted by Gasteiger charge is 2.53. The zero-order chi connectivity index (χ0) is 104. The van der Waals surface area contributed by atoms with E-state index in [1.165, 1.54) is 24.8 Å². The van der Waals surface area contributed by atoms with E-state index in [9.17, 15) is 0 Å². The quantitative estimate of drug-likeness (QED) is 0.0683. The van der Waals surface area contributed by atoms with Gasteiger partial charge in [-0.2, -0.15) is 0 Å². The summed E-state index contributed by atoms with van der Waals surface area (Å²) in [5.41, 5.74) is 32.9. The minimum Gasteiger partial charge on any atom is -0.399 e. The number of pyridine rings is 4. The van der Waals surface area contributed by atoms with Gasteiger partial charge in [-0.05, 0) is 329 Å². The maximum Gasteiger partial charge on any atom is 0.494 e. The maximum absolute atomic E-state index is 8.12. The van der Waals surface area contributed by atoms with Gasteiger partial charge in [0.25, 0.3) is 0 Å². The second-order valence-electron chi connectivity index (χ2n) is 37.5. The third kappa shape index (κ3) is 17.7. The molecular weight excluding hydrogens is 1670 g/mol. The number of benzene rings is 14. The maximum atomic E-state index is 8.12. The van der Waals surface area contributed by atoms with E-state index in [1.807, 2.05) is 67.6 Å². The molecule has 2 fully saturated rings. The molecule has 5 aromatic heterocycles. The standard InChI is InChI=1S/C125H104B2N6O4/c1-79-30-61-116(128-74-79)90-45-33-84(34-46-90)104-22-14-18-26-108(104)96-65-97(109-27-19-15-23-105(109)85-35-47-91(48-36-85)117-62-31-80(2)75-129-117)68-100(67-96)114-71-102(126-134-122(6,7)123(8,9)135-126)57-59-112(114)88-41-53-94(54-42-88)120-73-121(133-78-132-120)95-55-43-89(44-56-95)113-60-58-103(127-136-124(10,11)125(12,13)137-127)72-115(113)101-69-98(110-28-20-16-24-106(110)86-37-49-92(50-38-86)118-63-32-81(3)76-130-118)66-99(70-101)111-29-21-17-25-107(111)87-39-51-93(52-40-87)119-64-82(4)83(5)77-131-119/h14-78H,1-13H3/i1D3,2D3,3D3,5D3. The van der Waals surface area contributed by atoms with Crippen LogP contribution < -0.4 is 10.9 Å². The van der Waals surface area contributed by atoms with Crippen LogP contribution in [0.5, 0.6) is 0 Å². The van der Waals surface area contributed by atoms with Crippen LogP contribution in [0.3, 0.4) is 0 Å². The van der Waals surface area contributed by atoms with E-state index in [1.54, 1.807) is 42.7 Å². The molecule has 12 heteroatoms. The first kappa shape index (κ1) is 75.1. The van der Waals surface area contributed by atoms with Gasteiger partial charge in [-0.25, -0.2) is 9.97 Å². The summed E-state index contributed by atoms with van der Waals surface area (Å²) in [5.74, 6) is 0. The molecule has 2 aliphatic rings. The number of aromatic nitrogens is 6. The monoisotopic (exact) mass is 1790 g/mol. The predicted molar refractivity (Wildman–Crippen MR) is 566 cm³/mol. The number of nitrogens with zero attached hydrogens (tertiary/aromatic N) is 6. The van der Waals surface area contributed by atoms with Crippen LogP contribution in [0.1, 0.15) is 99.7 Å². The topological polar surface area (TPSA) is 114 Å². The van der Waals surface area contributed by atoms with Gasteiger partial charge in [0.2, 0.25) is 0 Å². The van der Waals surface area contributed by atoms with Crippen molar-refractivity contribution in [2.45, 2.75) is 112 Å². The van der Waals surface area contributed by atoms with Crippen LogP contribution in [0, 0.1) is 34.3 Å². The molecule has 0 bridgehead atoms. The number of hydrogen-bond donors (Lipinski definition) is 0. The van der Waals surface area contributed by atoms with E-state index in [4.69, 9.17) is 45.0 Å². The van der Waals surface area contributed by atoms with Crippen LogP contribution in [-0.2, 0) is 18.6 Å². The van der Waals surface area contributed by atoms with Crippen LogP contribution >= 0.6 is 0 Å². The van der Waals surface area contributed by atoms with Crippen LogP contribution in [0.4, 0.5) is 0 Å². The summed E-state index contributed by atoms with van der Waals surface area (Å²) in [6, 6.07) is 124. The number of hydrogen-bond acceptors (Lipinski definition) is 10. The van der Waals surface area contributed by atoms with Crippen molar-refractivity contribution in [3.8, 4) is 201 Å². The predicted octanol–water partition coefficient (Wildman–Crippen LogP) is 30.2. The van der Waals surface area contributed by atoms with Crippen LogP contribution in [-0.4, -0.2) is 66.5 Å². The van der Waals surface area contributed by atoms with Crippen molar-refractivity contribution in [3.05, 3.63) is 423 Å². The van der Waals surface area contributed by atoms with Gasteiger partial charge >= 0.3 is 14.2 Å². The zero-order valence-electron chi connectivity index (χ0n) is 89.5. The molecule has 2 saturated heterocycles. The van der Waals surface area contributed by atoms with Crippen molar-refractivity contribution >= 4 is 25.2 Å². The van der Waals surface area contributed by atoms with Crippen molar-refractivity contribution in [3.63, 3.8) is 0 Å². The molecule has 137 heavy (non-hydrogen) atoms. The Balaban J connectivity index is 0.651. The molecular formula is C125H104B2N6O4. The summed E-state index contributed by atoms with van der Waals surface area (Å²) in [6.45, 7) is 9.21. The highest BCUT2D eigenvalue weighted by Crippen LogP contribution is 2.49. The van der Waals surface area contributed by atoms with Gasteiger partial charge in [-0.3, -0.25) is 19.9 Å². The highest BCUT2D eigenvalue weighted by molar-refractivity contribution is 6.62. The molecule has 19 aromatic rings. The molecule has 0 unspecified atom stereocenters. The molecule has 14 aromatic carbocycles. The van der Waals surface area contributed by atoms with Crippen molar-refractivity contribution in [2.24, 2.45) is 0 Å². The van der Waals surface area contributed by atoms with Crippen molar-refractivity contribution in [2.75, 3.05) is 0 Å². The van der Waals surface area contributed by atoms with Gasteiger partial charge in [-0.1, -0.05) is 297 Å². The lowest BCUT2D eigenvalue weighted by atomic mass is 9.76. The summed E-state index contributed by atoms with van der Waals surface area (Å²) in [4.78, 5) is 28.3. The molecule has 0 amide bonds. The van der Waals surface area contributed by atoms with Crippen LogP contribution in [0.2, 0.25) is 0 Å². The van der Waals surface area contributed by atoms with E-state index in [2.05, 4.69) is 342 Å². The minimum atomic E-state index is -2.29. The average Bonchev–Trinajstić information content (AvgIpc) is 1.67. The molecule has 0 N–H and O–H groups in total. The first-order valence-corrected chi connectivity index (χ1v) is 46.2. The molecule has 0 atom stereocenters. The van der Waals surface area contributed by atoms with Gasteiger partial charge in [-0.15, -0.1) is 0 Å². The Morgan fingerprint density at radius 2 is 0.431 bits per heavy atom. The molecule has 2 aliphatic heterocycles.